The maximum Gasteiger partial charge on any atom is 0.334 e. The number of benzene rings is 1. The van der Waals surface area contributed by atoms with Crippen molar-refractivity contribution in [1.82, 2.24) is 15.1 Å². The monoisotopic (exact) mass is 377 g/mol. The molecule has 7 nitrogen and oxygen atoms in total. The van der Waals surface area contributed by atoms with Crippen LogP contribution in [0.2, 0.25) is 5.02 Å². The Labute approximate surface area is 156 Å². The molecule has 1 aliphatic carbocycles. The second-order valence-corrected chi connectivity index (χ2v) is 7.01. The minimum atomic E-state index is -0.942. The lowest BCUT2D eigenvalue weighted by Gasteiger charge is -2.21. The normalized spacial score (nSPS) is 19.4. The third kappa shape index (κ3) is 3.44. The van der Waals surface area contributed by atoms with Crippen LogP contribution in [0.1, 0.15) is 44.2 Å². The van der Waals surface area contributed by atoms with Crippen LogP contribution in [-0.2, 0) is 14.4 Å². The average Bonchev–Trinajstić information content (AvgIpc) is 3.19. The molecule has 8 heteroatoms. The summed E-state index contributed by atoms with van der Waals surface area (Å²) in [6, 6.07) is 5.74. The number of carbonyl (C=O) groups excluding carboxylic acids is 4. The minimum absolute atomic E-state index is 0.242. The number of hydrogen-bond acceptors (Lipinski definition) is 4. The number of carbonyl (C=O) groups is 4. The van der Waals surface area contributed by atoms with Gasteiger partial charge in [-0.25, -0.2) is 9.69 Å². The van der Waals surface area contributed by atoms with Gasteiger partial charge in [0, 0.05) is 11.1 Å². The lowest BCUT2D eigenvalue weighted by molar-refractivity contribution is -0.144. The van der Waals surface area contributed by atoms with Crippen molar-refractivity contribution in [3.05, 3.63) is 34.9 Å². The Bertz CT molecular complexity index is 761. The molecule has 1 aromatic rings. The lowest BCUT2D eigenvalue weighted by atomic mass is 10.1. The van der Waals surface area contributed by atoms with Crippen LogP contribution in [0.5, 0.6) is 0 Å². The van der Waals surface area contributed by atoms with E-state index in [-0.39, 0.29) is 6.04 Å². The fourth-order valence-electron chi connectivity index (χ4n) is 3.48. The first-order chi connectivity index (χ1) is 12.4. The quantitative estimate of drug-likeness (QED) is 0.629. The molecule has 1 aliphatic heterocycles. The zero-order valence-electron chi connectivity index (χ0n) is 14.4. The van der Waals surface area contributed by atoms with Gasteiger partial charge in [0.1, 0.15) is 6.54 Å². The number of nitrogens with zero attached hydrogens (tertiary/aromatic N) is 2. The number of amides is 5. The Kier molecular flexibility index (Phi) is 5.27. The molecule has 0 unspecified atom stereocenters. The molecular weight excluding hydrogens is 358 g/mol. The summed E-state index contributed by atoms with van der Waals surface area (Å²) in [4.78, 5) is 50.8. The fraction of sp³-hybridized carbons (Fsp3) is 0.444. The highest BCUT2D eigenvalue weighted by atomic mass is 35.5. The second kappa shape index (κ2) is 7.45. The molecule has 0 spiro atoms. The van der Waals surface area contributed by atoms with Crippen molar-refractivity contribution in [2.75, 3.05) is 6.54 Å². The summed E-state index contributed by atoms with van der Waals surface area (Å²) < 4.78 is 0. The third-order valence-electron chi connectivity index (χ3n) is 4.82. The van der Waals surface area contributed by atoms with E-state index in [1.54, 1.807) is 31.2 Å². The molecular formula is C18H20ClN3O4. The van der Waals surface area contributed by atoms with Gasteiger partial charge in [0.2, 0.25) is 5.91 Å². The molecule has 1 aromatic carbocycles. The van der Waals surface area contributed by atoms with Gasteiger partial charge in [-0.15, -0.1) is 0 Å². The van der Waals surface area contributed by atoms with Gasteiger partial charge in [-0.3, -0.25) is 19.3 Å². The SMILES string of the molecule is C[C@@H](NC(=O)CN1C(=O)C(=O)N(C2CCCC2)C1=O)c1ccccc1Cl. The first-order valence-corrected chi connectivity index (χ1v) is 9.00. The van der Waals surface area contributed by atoms with E-state index >= 15 is 0 Å². The number of rotatable bonds is 5. The van der Waals surface area contributed by atoms with Crippen LogP contribution in [0.15, 0.2) is 24.3 Å². The Hall–Kier alpha value is -2.41. The van der Waals surface area contributed by atoms with Crippen molar-refractivity contribution in [1.29, 1.82) is 0 Å². The van der Waals surface area contributed by atoms with E-state index in [1.807, 2.05) is 0 Å². The maximum atomic E-state index is 12.5. The summed E-state index contributed by atoms with van der Waals surface area (Å²) in [5, 5.41) is 3.22. The van der Waals surface area contributed by atoms with E-state index in [1.165, 1.54) is 0 Å². The van der Waals surface area contributed by atoms with Gasteiger partial charge in [0.15, 0.2) is 0 Å². The zero-order valence-corrected chi connectivity index (χ0v) is 15.2. The van der Waals surface area contributed by atoms with Crippen LogP contribution in [0, 0.1) is 0 Å². The lowest BCUT2D eigenvalue weighted by Crippen LogP contribution is -2.43. The fourth-order valence-corrected chi connectivity index (χ4v) is 3.78. The molecule has 0 aromatic heterocycles. The van der Waals surface area contributed by atoms with Crippen LogP contribution in [0.25, 0.3) is 0 Å². The minimum Gasteiger partial charge on any atom is -0.348 e. The molecule has 1 saturated heterocycles. The summed E-state index contributed by atoms with van der Waals surface area (Å²) in [7, 11) is 0. The standard InChI is InChI=1S/C18H20ClN3O4/c1-11(13-8-4-5-9-14(13)19)20-15(23)10-21-16(24)17(25)22(18(21)26)12-6-2-3-7-12/h4-5,8-9,11-12H,2-3,6-7,10H2,1H3,(H,20,23)/t11-/m1/s1. The number of urea groups is 1. The smallest absolute Gasteiger partial charge is 0.334 e. The molecule has 1 N–H and O–H groups in total. The summed E-state index contributed by atoms with van der Waals surface area (Å²) >= 11 is 6.11. The van der Waals surface area contributed by atoms with Crippen molar-refractivity contribution < 1.29 is 19.2 Å². The summed E-state index contributed by atoms with van der Waals surface area (Å²) in [6.45, 7) is 1.27. The average molecular weight is 378 g/mol. The topological polar surface area (TPSA) is 86.8 Å². The molecule has 138 valence electrons. The summed E-state index contributed by atoms with van der Waals surface area (Å²) in [6.07, 6.45) is 3.25. The summed E-state index contributed by atoms with van der Waals surface area (Å²) in [5.74, 6) is -2.31. The van der Waals surface area contributed by atoms with Crippen LogP contribution < -0.4 is 5.32 Å². The first kappa shape index (κ1) is 18.4. The summed E-state index contributed by atoms with van der Waals surface area (Å²) in [5.41, 5.74) is 0.727. The van der Waals surface area contributed by atoms with Crippen LogP contribution in [0.3, 0.4) is 0 Å². The number of hydrogen-bond donors (Lipinski definition) is 1. The van der Waals surface area contributed by atoms with Crippen LogP contribution in [0.4, 0.5) is 4.79 Å². The highest BCUT2D eigenvalue weighted by Crippen LogP contribution is 2.28. The highest BCUT2D eigenvalue weighted by Gasteiger charge is 2.48. The van der Waals surface area contributed by atoms with E-state index in [0.29, 0.717) is 17.9 Å². The van der Waals surface area contributed by atoms with Crippen LogP contribution in [-0.4, -0.2) is 46.1 Å². The molecule has 2 fully saturated rings. The van der Waals surface area contributed by atoms with Crippen molar-refractivity contribution in [2.24, 2.45) is 0 Å². The molecule has 1 saturated carbocycles. The predicted molar refractivity (Wildman–Crippen MR) is 94.2 cm³/mol. The largest absolute Gasteiger partial charge is 0.348 e. The molecule has 1 heterocycles. The number of halogens is 1. The highest BCUT2D eigenvalue weighted by molar-refractivity contribution is 6.45. The van der Waals surface area contributed by atoms with Crippen molar-refractivity contribution in [2.45, 2.75) is 44.7 Å². The van der Waals surface area contributed by atoms with Gasteiger partial charge < -0.3 is 5.32 Å². The van der Waals surface area contributed by atoms with E-state index in [4.69, 9.17) is 11.6 Å². The molecule has 1 atom stereocenters. The Morgan fingerprint density at radius 2 is 1.85 bits per heavy atom. The van der Waals surface area contributed by atoms with Crippen molar-refractivity contribution in [3.63, 3.8) is 0 Å². The number of nitrogens with one attached hydrogen (secondary N) is 1. The molecule has 0 bridgehead atoms. The zero-order chi connectivity index (χ0) is 18.8. The molecule has 0 radical (unpaired) electrons. The van der Waals surface area contributed by atoms with Gasteiger partial charge in [-0.2, -0.15) is 0 Å². The van der Waals surface area contributed by atoms with Gasteiger partial charge in [0.05, 0.1) is 6.04 Å². The van der Waals surface area contributed by atoms with E-state index in [2.05, 4.69) is 5.32 Å². The van der Waals surface area contributed by atoms with E-state index in [9.17, 15) is 19.2 Å². The Balaban J connectivity index is 1.65. The first-order valence-electron chi connectivity index (χ1n) is 8.63. The molecule has 2 aliphatic rings. The Morgan fingerprint density at radius 1 is 1.19 bits per heavy atom. The molecule has 26 heavy (non-hydrogen) atoms. The van der Waals surface area contributed by atoms with E-state index in [0.717, 1.165) is 28.2 Å². The van der Waals surface area contributed by atoms with Crippen LogP contribution >= 0.6 is 11.6 Å². The predicted octanol–water partition coefficient (Wildman–Crippen LogP) is 2.25. The van der Waals surface area contributed by atoms with Crippen molar-refractivity contribution in [3.8, 4) is 0 Å². The van der Waals surface area contributed by atoms with Gasteiger partial charge in [0.25, 0.3) is 0 Å². The molecule has 3 rings (SSSR count). The van der Waals surface area contributed by atoms with Gasteiger partial charge in [-0.05, 0) is 31.4 Å². The maximum absolute atomic E-state index is 12.5. The second-order valence-electron chi connectivity index (χ2n) is 6.60. The van der Waals surface area contributed by atoms with Crippen molar-refractivity contribution >= 4 is 35.4 Å². The molecule has 5 amide bonds. The van der Waals surface area contributed by atoms with Gasteiger partial charge in [-0.1, -0.05) is 42.6 Å². The van der Waals surface area contributed by atoms with Gasteiger partial charge >= 0.3 is 17.8 Å². The third-order valence-corrected chi connectivity index (χ3v) is 5.17. The Morgan fingerprint density at radius 3 is 2.50 bits per heavy atom. The van der Waals surface area contributed by atoms with E-state index < -0.39 is 36.3 Å². The number of imide groups is 2.